The molecule has 1 atom stereocenters. The Morgan fingerprint density at radius 2 is 1.92 bits per heavy atom. The molecule has 0 bridgehead atoms. The van der Waals surface area contributed by atoms with Gasteiger partial charge in [-0.05, 0) is 20.8 Å². The van der Waals surface area contributed by atoms with Crippen LogP contribution in [0.25, 0.3) is 0 Å². The van der Waals surface area contributed by atoms with Crippen molar-refractivity contribution in [2.75, 3.05) is 7.11 Å². The fourth-order valence-electron chi connectivity index (χ4n) is 1.03. The van der Waals surface area contributed by atoms with Crippen LogP contribution in [0, 0.1) is 0 Å². The number of ketones is 1. The molecule has 0 fully saturated rings. The highest BCUT2D eigenvalue weighted by molar-refractivity contribution is 5.94. The van der Waals surface area contributed by atoms with Gasteiger partial charge in [-0.3, -0.25) is 4.79 Å². The van der Waals surface area contributed by atoms with E-state index in [1.54, 1.807) is 6.92 Å². The Hall–Kier alpha value is -0.870. The SMILES string of the molecule is COOC(C)/C(C(C)=O)=C(/C)O. The lowest BCUT2D eigenvalue weighted by atomic mass is 10.1. The number of hydrogen-bond donors (Lipinski definition) is 1. The van der Waals surface area contributed by atoms with Gasteiger partial charge in [-0.25, -0.2) is 9.78 Å². The third-order valence-electron chi connectivity index (χ3n) is 1.42. The maximum Gasteiger partial charge on any atom is 0.161 e. The highest BCUT2D eigenvalue weighted by atomic mass is 17.2. The predicted octanol–water partition coefficient (Wildman–Crippen LogP) is 1.37. The summed E-state index contributed by atoms with van der Waals surface area (Å²) < 4.78 is 0. The molecular formula is C8H14O4. The van der Waals surface area contributed by atoms with E-state index >= 15 is 0 Å². The summed E-state index contributed by atoms with van der Waals surface area (Å²) in [5, 5.41) is 9.10. The second-order valence-corrected chi connectivity index (χ2v) is 2.46. The molecule has 0 aromatic heterocycles. The molecule has 4 nitrogen and oxygen atoms in total. The zero-order valence-corrected chi connectivity index (χ0v) is 7.75. The molecular weight excluding hydrogens is 160 g/mol. The molecule has 0 aliphatic heterocycles. The molecule has 0 aromatic carbocycles. The highest BCUT2D eigenvalue weighted by Crippen LogP contribution is 2.11. The number of aliphatic hydroxyl groups is 1. The molecule has 0 spiro atoms. The lowest BCUT2D eigenvalue weighted by Crippen LogP contribution is -2.18. The van der Waals surface area contributed by atoms with Crippen molar-refractivity contribution in [2.24, 2.45) is 0 Å². The molecule has 1 unspecified atom stereocenters. The van der Waals surface area contributed by atoms with Gasteiger partial charge in [0.05, 0.1) is 18.4 Å². The fourth-order valence-corrected chi connectivity index (χ4v) is 1.03. The average molecular weight is 174 g/mol. The molecule has 70 valence electrons. The summed E-state index contributed by atoms with van der Waals surface area (Å²) in [5.74, 6) is -0.258. The second-order valence-electron chi connectivity index (χ2n) is 2.46. The first-order valence-corrected chi connectivity index (χ1v) is 3.60. The maximum atomic E-state index is 10.9. The molecule has 0 saturated carbocycles. The number of rotatable bonds is 4. The largest absolute Gasteiger partial charge is 0.512 e. The molecule has 0 aliphatic rings. The lowest BCUT2D eigenvalue weighted by molar-refractivity contribution is -0.291. The van der Waals surface area contributed by atoms with Crippen LogP contribution in [0.15, 0.2) is 11.3 Å². The first-order chi connectivity index (χ1) is 5.50. The first kappa shape index (κ1) is 11.1. The molecule has 0 radical (unpaired) electrons. The summed E-state index contributed by atoms with van der Waals surface area (Å²) in [6, 6.07) is 0. The van der Waals surface area contributed by atoms with Crippen LogP contribution in [0.3, 0.4) is 0 Å². The van der Waals surface area contributed by atoms with Crippen molar-refractivity contribution in [3.63, 3.8) is 0 Å². The number of carbonyl (C=O) groups is 1. The van der Waals surface area contributed by atoms with Crippen LogP contribution in [0.1, 0.15) is 20.8 Å². The average Bonchev–Trinajstić information content (AvgIpc) is 1.85. The van der Waals surface area contributed by atoms with Gasteiger partial charge in [0.1, 0.15) is 6.10 Å². The molecule has 0 saturated heterocycles. The van der Waals surface area contributed by atoms with Gasteiger partial charge in [-0.1, -0.05) is 0 Å². The number of aliphatic hydroxyl groups excluding tert-OH is 1. The number of carbonyl (C=O) groups excluding carboxylic acids is 1. The minimum atomic E-state index is -0.544. The molecule has 0 aromatic rings. The summed E-state index contributed by atoms with van der Waals surface area (Å²) in [6.45, 7) is 4.43. The third kappa shape index (κ3) is 3.02. The Bertz CT molecular complexity index is 191. The van der Waals surface area contributed by atoms with Gasteiger partial charge >= 0.3 is 0 Å². The molecule has 0 rings (SSSR count). The maximum absolute atomic E-state index is 10.9. The van der Waals surface area contributed by atoms with E-state index in [1.807, 2.05) is 0 Å². The van der Waals surface area contributed by atoms with Crippen LogP contribution in [0.5, 0.6) is 0 Å². The topological polar surface area (TPSA) is 55.8 Å². The summed E-state index contributed by atoms with van der Waals surface area (Å²) in [6.07, 6.45) is -0.544. The number of hydrogen-bond acceptors (Lipinski definition) is 4. The second kappa shape index (κ2) is 4.90. The molecule has 0 aliphatic carbocycles. The van der Waals surface area contributed by atoms with E-state index in [-0.39, 0.29) is 17.1 Å². The molecule has 1 N–H and O–H groups in total. The van der Waals surface area contributed by atoms with E-state index in [4.69, 9.17) is 5.11 Å². The Kier molecular flexibility index (Phi) is 4.54. The van der Waals surface area contributed by atoms with E-state index in [9.17, 15) is 4.79 Å². The Morgan fingerprint density at radius 3 is 2.17 bits per heavy atom. The van der Waals surface area contributed by atoms with Crippen LogP contribution < -0.4 is 0 Å². The van der Waals surface area contributed by atoms with Crippen LogP contribution in [-0.4, -0.2) is 24.1 Å². The minimum Gasteiger partial charge on any atom is -0.512 e. The Labute approximate surface area is 71.7 Å². The fraction of sp³-hybridized carbons (Fsp3) is 0.625. The standard InChI is InChI=1S/C8H14O4/c1-5(9)8(6(2)10)7(3)12-11-4/h7,9H,1-4H3/b8-5-. The van der Waals surface area contributed by atoms with Gasteiger partial charge in [0.2, 0.25) is 0 Å². The van der Waals surface area contributed by atoms with Gasteiger partial charge in [0.15, 0.2) is 5.78 Å². The van der Waals surface area contributed by atoms with E-state index in [0.29, 0.717) is 0 Å². The van der Waals surface area contributed by atoms with Crippen LogP contribution in [-0.2, 0) is 14.6 Å². The highest BCUT2D eigenvalue weighted by Gasteiger charge is 2.17. The normalized spacial score (nSPS) is 15.3. The number of allylic oxidation sites excluding steroid dienone is 1. The zero-order valence-electron chi connectivity index (χ0n) is 7.75. The van der Waals surface area contributed by atoms with Gasteiger partial charge in [0, 0.05) is 0 Å². The van der Waals surface area contributed by atoms with Crippen molar-refractivity contribution in [2.45, 2.75) is 26.9 Å². The third-order valence-corrected chi connectivity index (χ3v) is 1.42. The quantitative estimate of drug-likeness (QED) is 0.303. The Balaban J connectivity index is 4.54. The van der Waals surface area contributed by atoms with E-state index < -0.39 is 6.10 Å². The van der Waals surface area contributed by atoms with E-state index in [2.05, 4.69) is 9.78 Å². The van der Waals surface area contributed by atoms with Crippen molar-refractivity contribution in [1.82, 2.24) is 0 Å². The summed E-state index contributed by atoms with van der Waals surface area (Å²) in [5.41, 5.74) is 0.233. The van der Waals surface area contributed by atoms with Crippen molar-refractivity contribution in [3.05, 3.63) is 11.3 Å². The summed E-state index contributed by atoms with van der Waals surface area (Å²) in [7, 11) is 1.35. The van der Waals surface area contributed by atoms with Gasteiger partial charge in [-0.15, -0.1) is 0 Å². The molecule has 0 heterocycles. The first-order valence-electron chi connectivity index (χ1n) is 3.60. The number of Topliss-reactive ketones (excluding diaryl/α,β-unsaturated/α-hetero) is 1. The van der Waals surface area contributed by atoms with Crippen LogP contribution >= 0.6 is 0 Å². The van der Waals surface area contributed by atoms with Gasteiger partial charge < -0.3 is 5.11 Å². The lowest BCUT2D eigenvalue weighted by Gasteiger charge is -2.12. The summed E-state index contributed by atoms with van der Waals surface area (Å²) in [4.78, 5) is 20.0. The van der Waals surface area contributed by atoms with Crippen LogP contribution in [0.4, 0.5) is 0 Å². The van der Waals surface area contributed by atoms with Gasteiger partial charge in [-0.2, -0.15) is 0 Å². The van der Waals surface area contributed by atoms with Gasteiger partial charge in [0.25, 0.3) is 0 Å². The Morgan fingerprint density at radius 1 is 1.42 bits per heavy atom. The van der Waals surface area contributed by atoms with E-state index in [1.165, 1.54) is 21.0 Å². The van der Waals surface area contributed by atoms with Crippen molar-refractivity contribution in [1.29, 1.82) is 0 Å². The molecule has 4 heteroatoms. The smallest absolute Gasteiger partial charge is 0.161 e. The van der Waals surface area contributed by atoms with Crippen molar-refractivity contribution in [3.8, 4) is 0 Å². The van der Waals surface area contributed by atoms with Crippen LogP contribution in [0.2, 0.25) is 0 Å². The minimum absolute atomic E-state index is 0.0351. The van der Waals surface area contributed by atoms with E-state index in [0.717, 1.165) is 0 Å². The van der Waals surface area contributed by atoms with Crippen molar-refractivity contribution >= 4 is 5.78 Å². The molecule has 12 heavy (non-hydrogen) atoms. The predicted molar refractivity (Wildman–Crippen MR) is 43.6 cm³/mol. The van der Waals surface area contributed by atoms with Crippen molar-refractivity contribution < 1.29 is 19.7 Å². The molecule has 0 amide bonds. The zero-order chi connectivity index (χ0) is 9.72. The monoisotopic (exact) mass is 174 g/mol. The summed E-state index contributed by atoms with van der Waals surface area (Å²) >= 11 is 0.